The normalized spacial score (nSPS) is 10.9. The van der Waals surface area contributed by atoms with E-state index in [9.17, 15) is 18.0 Å². The Balaban J connectivity index is 2.54. The predicted molar refractivity (Wildman–Crippen MR) is 88.5 cm³/mol. The summed E-state index contributed by atoms with van der Waals surface area (Å²) >= 11 is 9.01. The SMILES string of the molecule is C=CCNC(=O)COC(=O)CNS(=O)(=O)c1ccc(Br)cc1Cl. The molecule has 10 heteroatoms. The van der Waals surface area contributed by atoms with Crippen LogP contribution < -0.4 is 10.0 Å². The predicted octanol–water partition coefficient (Wildman–Crippen LogP) is 1.23. The molecule has 0 heterocycles. The number of carbonyl (C=O) groups is 2. The molecule has 1 rings (SSSR count). The summed E-state index contributed by atoms with van der Waals surface area (Å²) in [6.45, 7) is 2.53. The van der Waals surface area contributed by atoms with Crippen molar-refractivity contribution >= 4 is 49.4 Å². The molecule has 1 aromatic rings. The zero-order chi connectivity index (χ0) is 17.5. The molecule has 0 aliphatic heterocycles. The van der Waals surface area contributed by atoms with E-state index in [2.05, 4.69) is 37.3 Å². The number of carbonyl (C=O) groups excluding carboxylic acids is 2. The minimum absolute atomic E-state index is 0.00375. The lowest BCUT2D eigenvalue weighted by Crippen LogP contribution is -2.34. The number of halogens is 2. The van der Waals surface area contributed by atoms with Crippen molar-refractivity contribution in [3.63, 3.8) is 0 Å². The Morgan fingerprint density at radius 2 is 2.09 bits per heavy atom. The number of nitrogens with one attached hydrogen (secondary N) is 2. The van der Waals surface area contributed by atoms with Crippen LogP contribution in [0.4, 0.5) is 0 Å². The summed E-state index contributed by atoms with van der Waals surface area (Å²) in [4.78, 5) is 22.5. The van der Waals surface area contributed by atoms with Gasteiger partial charge in [-0.2, -0.15) is 4.72 Å². The van der Waals surface area contributed by atoms with Crippen LogP contribution in [0.25, 0.3) is 0 Å². The highest BCUT2D eigenvalue weighted by Gasteiger charge is 2.19. The van der Waals surface area contributed by atoms with Gasteiger partial charge in [0.25, 0.3) is 5.91 Å². The number of ether oxygens (including phenoxy) is 1. The van der Waals surface area contributed by atoms with Gasteiger partial charge in [0, 0.05) is 11.0 Å². The molecule has 0 aromatic heterocycles. The highest BCUT2D eigenvalue weighted by Crippen LogP contribution is 2.24. The Kier molecular flexibility index (Phi) is 7.69. The van der Waals surface area contributed by atoms with Gasteiger partial charge in [-0.3, -0.25) is 9.59 Å². The first kappa shape index (κ1) is 19.6. The molecule has 0 aliphatic carbocycles. The quantitative estimate of drug-likeness (QED) is 0.482. The lowest BCUT2D eigenvalue weighted by atomic mass is 10.4. The van der Waals surface area contributed by atoms with E-state index in [0.717, 1.165) is 0 Å². The Labute approximate surface area is 147 Å². The third-order valence-corrected chi connectivity index (χ3v) is 4.78. The standard InChI is InChI=1S/C13H14BrClN2O5S/c1-2-5-16-12(18)8-22-13(19)7-17-23(20,21)11-4-3-9(14)6-10(11)15/h2-4,6,17H,1,5,7-8H2,(H,16,18). The van der Waals surface area contributed by atoms with Gasteiger partial charge in [0.1, 0.15) is 11.4 Å². The first-order valence-corrected chi connectivity index (χ1v) is 8.89. The minimum atomic E-state index is -3.97. The molecule has 0 saturated heterocycles. The first-order valence-electron chi connectivity index (χ1n) is 6.24. The third-order valence-electron chi connectivity index (χ3n) is 2.40. The molecule has 2 N–H and O–H groups in total. The van der Waals surface area contributed by atoms with Crippen LogP contribution in [0.2, 0.25) is 5.02 Å². The van der Waals surface area contributed by atoms with E-state index in [0.29, 0.717) is 4.47 Å². The number of hydrogen-bond donors (Lipinski definition) is 2. The molecule has 0 radical (unpaired) electrons. The van der Waals surface area contributed by atoms with Crippen LogP contribution in [0.15, 0.2) is 40.2 Å². The fourth-order valence-electron chi connectivity index (χ4n) is 1.36. The fraction of sp³-hybridized carbons (Fsp3) is 0.231. The Morgan fingerprint density at radius 1 is 1.39 bits per heavy atom. The smallest absolute Gasteiger partial charge is 0.321 e. The summed E-state index contributed by atoms with van der Waals surface area (Å²) in [5.41, 5.74) is 0. The zero-order valence-corrected chi connectivity index (χ0v) is 15.0. The van der Waals surface area contributed by atoms with Crippen molar-refractivity contribution in [2.45, 2.75) is 4.90 Å². The number of rotatable bonds is 8. The maximum atomic E-state index is 12.0. The summed E-state index contributed by atoms with van der Waals surface area (Å²) in [6, 6.07) is 4.21. The molecule has 0 saturated carbocycles. The van der Waals surface area contributed by atoms with Crippen LogP contribution in [0, 0.1) is 0 Å². The molecule has 1 aromatic carbocycles. The van der Waals surface area contributed by atoms with Crippen LogP contribution >= 0.6 is 27.5 Å². The number of sulfonamides is 1. The summed E-state index contributed by atoms with van der Waals surface area (Å²) in [7, 11) is -3.97. The average Bonchev–Trinajstić information content (AvgIpc) is 2.48. The Bertz CT molecular complexity index is 708. The minimum Gasteiger partial charge on any atom is -0.455 e. The summed E-state index contributed by atoms with van der Waals surface area (Å²) in [5, 5.41) is 2.41. The molecule has 0 unspecified atom stereocenters. The molecule has 0 atom stereocenters. The lowest BCUT2D eigenvalue weighted by molar-refractivity contribution is -0.147. The van der Waals surface area contributed by atoms with E-state index in [4.69, 9.17) is 11.6 Å². The maximum Gasteiger partial charge on any atom is 0.321 e. The number of esters is 1. The van der Waals surface area contributed by atoms with Crippen LogP contribution in [0.1, 0.15) is 0 Å². The second-order valence-corrected chi connectivity index (χ2v) is 7.21. The van der Waals surface area contributed by atoms with E-state index in [1.54, 1.807) is 0 Å². The number of amides is 1. The van der Waals surface area contributed by atoms with Gasteiger partial charge in [-0.05, 0) is 18.2 Å². The maximum absolute atomic E-state index is 12.0. The summed E-state index contributed by atoms with van der Waals surface area (Å²) in [5.74, 6) is -1.41. The second kappa shape index (κ2) is 9.02. The van der Waals surface area contributed by atoms with E-state index in [-0.39, 0.29) is 16.5 Å². The number of hydrogen-bond acceptors (Lipinski definition) is 5. The van der Waals surface area contributed by atoms with Gasteiger partial charge in [0.15, 0.2) is 6.61 Å². The van der Waals surface area contributed by atoms with Crippen LogP contribution in [0.5, 0.6) is 0 Å². The molecular weight excluding hydrogens is 412 g/mol. The molecule has 126 valence electrons. The van der Waals surface area contributed by atoms with Crippen LogP contribution in [-0.2, 0) is 24.3 Å². The van der Waals surface area contributed by atoms with Crippen molar-refractivity contribution in [3.8, 4) is 0 Å². The van der Waals surface area contributed by atoms with Gasteiger partial charge in [0.2, 0.25) is 10.0 Å². The van der Waals surface area contributed by atoms with Crippen molar-refractivity contribution in [1.29, 1.82) is 0 Å². The van der Waals surface area contributed by atoms with Crippen molar-refractivity contribution < 1.29 is 22.7 Å². The van der Waals surface area contributed by atoms with Crippen LogP contribution in [-0.4, -0.2) is 40.0 Å². The van der Waals surface area contributed by atoms with Gasteiger partial charge < -0.3 is 10.1 Å². The van der Waals surface area contributed by atoms with Gasteiger partial charge in [0.05, 0.1) is 5.02 Å². The topological polar surface area (TPSA) is 102 Å². The molecule has 23 heavy (non-hydrogen) atoms. The molecule has 0 bridgehead atoms. The molecule has 1 amide bonds. The van der Waals surface area contributed by atoms with E-state index in [1.807, 2.05) is 0 Å². The monoisotopic (exact) mass is 424 g/mol. The summed E-state index contributed by atoms with van der Waals surface area (Å²) < 4.78 is 31.4. The van der Waals surface area contributed by atoms with Crippen LogP contribution in [0.3, 0.4) is 0 Å². The molecule has 0 fully saturated rings. The molecule has 7 nitrogen and oxygen atoms in total. The van der Waals surface area contributed by atoms with Crippen molar-refractivity contribution in [1.82, 2.24) is 10.0 Å². The molecular formula is C13H14BrClN2O5S. The first-order chi connectivity index (χ1) is 10.8. The average molecular weight is 426 g/mol. The van der Waals surface area contributed by atoms with Crippen molar-refractivity contribution in [2.24, 2.45) is 0 Å². The zero-order valence-electron chi connectivity index (χ0n) is 11.8. The Morgan fingerprint density at radius 3 is 2.70 bits per heavy atom. The third kappa shape index (κ3) is 6.69. The Hall–Kier alpha value is -1.42. The largest absolute Gasteiger partial charge is 0.455 e. The van der Waals surface area contributed by atoms with E-state index < -0.39 is 35.1 Å². The number of benzene rings is 1. The highest BCUT2D eigenvalue weighted by molar-refractivity contribution is 9.10. The van der Waals surface area contributed by atoms with E-state index >= 15 is 0 Å². The highest BCUT2D eigenvalue weighted by atomic mass is 79.9. The molecule has 0 spiro atoms. The van der Waals surface area contributed by atoms with Crippen molar-refractivity contribution in [2.75, 3.05) is 19.7 Å². The van der Waals surface area contributed by atoms with E-state index in [1.165, 1.54) is 24.3 Å². The van der Waals surface area contributed by atoms with Gasteiger partial charge in [-0.25, -0.2) is 8.42 Å². The summed E-state index contributed by atoms with van der Waals surface area (Å²) in [6.07, 6.45) is 1.47. The van der Waals surface area contributed by atoms with Crippen molar-refractivity contribution in [3.05, 3.63) is 40.3 Å². The van der Waals surface area contributed by atoms with Gasteiger partial charge in [-0.1, -0.05) is 33.6 Å². The van der Waals surface area contributed by atoms with Gasteiger partial charge in [-0.15, -0.1) is 6.58 Å². The second-order valence-electron chi connectivity index (χ2n) is 4.15. The van der Waals surface area contributed by atoms with Gasteiger partial charge >= 0.3 is 5.97 Å². The molecule has 0 aliphatic rings. The lowest BCUT2D eigenvalue weighted by Gasteiger charge is -2.09. The fourth-order valence-corrected chi connectivity index (χ4v) is 3.36.